The van der Waals surface area contributed by atoms with Crippen molar-refractivity contribution in [2.24, 2.45) is 0 Å². The average Bonchev–Trinajstić information content (AvgIpc) is 2.66. The Kier molecular flexibility index (Phi) is 2.64. The zero-order valence-corrected chi connectivity index (χ0v) is 9.01. The Morgan fingerprint density at radius 1 is 1.47 bits per heavy atom. The van der Waals surface area contributed by atoms with Crippen molar-refractivity contribution in [3.63, 3.8) is 0 Å². The predicted octanol–water partition coefficient (Wildman–Crippen LogP) is 2.16. The number of aryl methyl sites for hydroxylation is 1. The van der Waals surface area contributed by atoms with Crippen LogP contribution >= 0.6 is 11.3 Å². The highest BCUT2D eigenvalue weighted by molar-refractivity contribution is 7.09. The van der Waals surface area contributed by atoms with Crippen molar-refractivity contribution in [2.45, 2.75) is 13.3 Å². The molecule has 0 amide bonds. The van der Waals surface area contributed by atoms with E-state index in [0.29, 0.717) is 17.9 Å². The third-order valence-corrected chi connectivity index (χ3v) is 2.88. The number of hydrogen-bond acceptors (Lipinski definition) is 4. The van der Waals surface area contributed by atoms with Crippen molar-refractivity contribution in [2.75, 3.05) is 5.73 Å². The lowest BCUT2D eigenvalue weighted by Gasteiger charge is -2.03. The number of anilines is 1. The Hall–Kier alpha value is -1.49. The summed E-state index contributed by atoms with van der Waals surface area (Å²) in [5.41, 5.74) is 5.73. The standard InChI is InChI=1S/C10H10FN3S/c1-6-9(11)10(12)14-8(13-6)5-7-3-2-4-15-7/h2-4H,5H2,1H3,(H2,12,13,14). The third-order valence-electron chi connectivity index (χ3n) is 2.00. The number of aromatic nitrogens is 2. The van der Waals surface area contributed by atoms with E-state index in [1.807, 2.05) is 17.5 Å². The summed E-state index contributed by atoms with van der Waals surface area (Å²) in [5.74, 6) is -0.0344. The number of nitrogens with two attached hydrogens (primary N) is 1. The highest BCUT2D eigenvalue weighted by Gasteiger charge is 2.08. The first kappa shape index (κ1) is 10.0. The summed E-state index contributed by atoms with van der Waals surface area (Å²) in [5, 5.41) is 1.98. The second-order valence-corrected chi connectivity index (χ2v) is 4.21. The Labute approximate surface area is 90.8 Å². The molecule has 78 valence electrons. The molecule has 0 aromatic carbocycles. The van der Waals surface area contributed by atoms with Crippen molar-refractivity contribution >= 4 is 17.2 Å². The number of rotatable bonds is 2. The monoisotopic (exact) mass is 223 g/mol. The van der Waals surface area contributed by atoms with Crippen LogP contribution in [0.4, 0.5) is 10.2 Å². The molecule has 0 aliphatic heterocycles. The number of nitrogens with zero attached hydrogens (tertiary/aromatic N) is 2. The summed E-state index contributed by atoms with van der Waals surface area (Å²) in [4.78, 5) is 9.10. The molecule has 0 aliphatic carbocycles. The molecule has 0 saturated carbocycles. The van der Waals surface area contributed by atoms with E-state index >= 15 is 0 Å². The van der Waals surface area contributed by atoms with Gasteiger partial charge in [-0.2, -0.15) is 0 Å². The Morgan fingerprint density at radius 3 is 2.87 bits per heavy atom. The van der Waals surface area contributed by atoms with Gasteiger partial charge in [0.2, 0.25) is 0 Å². The molecule has 2 aromatic heterocycles. The second kappa shape index (κ2) is 3.94. The van der Waals surface area contributed by atoms with E-state index in [1.54, 1.807) is 18.3 Å². The minimum Gasteiger partial charge on any atom is -0.381 e. The van der Waals surface area contributed by atoms with Gasteiger partial charge in [-0.05, 0) is 18.4 Å². The zero-order valence-electron chi connectivity index (χ0n) is 8.20. The van der Waals surface area contributed by atoms with Gasteiger partial charge in [0, 0.05) is 11.3 Å². The minimum absolute atomic E-state index is 0.0749. The fraction of sp³-hybridized carbons (Fsp3) is 0.200. The van der Waals surface area contributed by atoms with Gasteiger partial charge in [-0.15, -0.1) is 11.3 Å². The maximum Gasteiger partial charge on any atom is 0.186 e. The molecular formula is C10H10FN3S. The average molecular weight is 223 g/mol. The number of nitrogen functional groups attached to an aromatic ring is 1. The van der Waals surface area contributed by atoms with Gasteiger partial charge in [-0.3, -0.25) is 0 Å². The highest BCUT2D eigenvalue weighted by atomic mass is 32.1. The lowest BCUT2D eigenvalue weighted by molar-refractivity contribution is 0.603. The normalized spacial score (nSPS) is 10.5. The topological polar surface area (TPSA) is 51.8 Å². The Balaban J connectivity index is 2.30. The summed E-state index contributed by atoms with van der Waals surface area (Å²) in [6.07, 6.45) is 0.600. The maximum absolute atomic E-state index is 13.1. The Bertz CT molecular complexity index is 445. The summed E-state index contributed by atoms with van der Waals surface area (Å²) >= 11 is 1.62. The van der Waals surface area contributed by atoms with Gasteiger partial charge in [0.05, 0.1) is 5.69 Å². The van der Waals surface area contributed by atoms with Crippen LogP contribution in [-0.4, -0.2) is 9.97 Å². The van der Waals surface area contributed by atoms with E-state index in [0.717, 1.165) is 4.88 Å². The molecule has 0 atom stereocenters. The quantitative estimate of drug-likeness (QED) is 0.848. The zero-order chi connectivity index (χ0) is 10.8. The number of halogens is 1. The summed E-state index contributed by atoms with van der Waals surface area (Å²) < 4.78 is 13.1. The second-order valence-electron chi connectivity index (χ2n) is 3.18. The molecule has 2 rings (SSSR count). The van der Waals surface area contributed by atoms with E-state index in [1.165, 1.54) is 0 Å². The number of hydrogen-bond donors (Lipinski definition) is 1. The van der Waals surface area contributed by atoms with E-state index in [-0.39, 0.29) is 5.82 Å². The lowest BCUT2D eigenvalue weighted by Crippen LogP contribution is -2.05. The van der Waals surface area contributed by atoms with Crippen LogP contribution in [0.3, 0.4) is 0 Å². The van der Waals surface area contributed by atoms with Crippen LogP contribution in [0.1, 0.15) is 16.4 Å². The van der Waals surface area contributed by atoms with Gasteiger partial charge in [-0.1, -0.05) is 6.07 Å². The third kappa shape index (κ3) is 2.12. The molecule has 5 heteroatoms. The van der Waals surface area contributed by atoms with Crippen molar-refractivity contribution in [3.05, 3.63) is 39.7 Å². The first-order valence-corrected chi connectivity index (χ1v) is 5.35. The molecule has 0 radical (unpaired) electrons. The highest BCUT2D eigenvalue weighted by Crippen LogP contribution is 2.15. The summed E-state index contributed by atoms with van der Waals surface area (Å²) in [6.45, 7) is 1.59. The van der Waals surface area contributed by atoms with E-state index in [2.05, 4.69) is 9.97 Å². The van der Waals surface area contributed by atoms with E-state index in [9.17, 15) is 4.39 Å². The van der Waals surface area contributed by atoms with Crippen LogP contribution in [0.25, 0.3) is 0 Å². The van der Waals surface area contributed by atoms with Crippen LogP contribution in [0, 0.1) is 12.7 Å². The smallest absolute Gasteiger partial charge is 0.186 e. The molecule has 2 aromatic rings. The van der Waals surface area contributed by atoms with Crippen molar-refractivity contribution in [3.8, 4) is 0 Å². The summed E-state index contributed by atoms with van der Waals surface area (Å²) in [7, 11) is 0. The van der Waals surface area contributed by atoms with Gasteiger partial charge < -0.3 is 5.73 Å². The fourth-order valence-electron chi connectivity index (χ4n) is 1.29. The first-order chi connectivity index (χ1) is 7.16. The van der Waals surface area contributed by atoms with Crippen LogP contribution in [0.2, 0.25) is 0 Å². The summed E-state index contributed by atoms with van der Waals surface area (Å²) in [6, 6.07) is 3.95. The lowest BCUT2D eigenvalue weighted by atomic mass is 10.3. The largest absolute Gasteiger partial charge is 0.381 e. The first-order valence-electron chi connectivity index (χ1n) is 4.47. The van der Waals surface area contributed by atoms with Gasteiger partial charge in [0.15, 0.2) is 11.6 Å². The van der Waals surface area contributed by atoms with Gasteiger partial charge in [-0.25, -0.2) is 14.4 Å². The molecule has 0 fully saturated rings. The van der Waals surface area contributed by atoms with Crippen LogP contribution in [0.15, 0.2) is 17.5 Å². The van der Waals surface area contributed by atoms with Gasteiger partial charge >= 0.3 is 0 Å². The minimum atomic E-state index is -0.523. The predicted molar refractivity (Wildman–Crippen MR) is 58.3 cm³/mol. The van der Waals surface area contributed by atoms with E-state index in [4.69, 9.17) is 5.73 Å². The molecule has 2 heterocycles. The number of thiophene rings is 1. The van der Waals surface area contributed by atoms with Gasteiger partial charge in [0.25, 0.3) is 0 Å². The van der Waals surface area contributed by atoms with Crippen LogP contribution < -0.4 is 5.73 Å². The van der Waals surface area contributed by atoms with Crippen LogP contribution in [-0.2, 0) is 6.42 Å². The molecular weight excluding hydrogens is 213 g/mol. The van der Waals surface area contributed by atoms with Crippen LogP contribution in [0.5, 0.6) is 0 Å². The van der Waals surface area contributed by atoms with Gasteiger partial charge in [0.1, 0.15) is 5.82 Å². The molecule has 2 N–H and O–H groups in total. The van der Waals surface area contributed by atoms with E-state index < -0.39 is 5.82 Å². The molecule has 0 spiro atoms. The Morgan fingerprint density at radius 2 is 2.27 bits per heavy atom. The molecule has 3 nitrogen and oxygen atoms in total. The molecule has 0 unspecified atom stereocenters. The molecule has 0 bridgehead atoms. The molecule has 15 heavy (non-hydrogen) atoms. The molecule has 0 saturated heterocycles. The van der Waals surface area contributed by atoms with Crippen molar-refractivity contribution in [1.29, 1.82) is 0 Å². The SMILES string of the molecule is Cc1nc(Cc2cccs2)nc(N)c1F. The van der Waals surface area contributed by atoms with Crippen molar-refractivity contribution in [1.82, 2.24) is 9.97 Å². The maximum atomic E-state index is 13.1. The molecule has 0 aliphatic rings. The fourth-order valence-corrected chi connectivity index (χ4v) is 1.99. The van der Waals surface area contributed by atoms with Crippen molar-refractivity contribution < 1.29 is 4.39 Å².